The first-order chi connectivity index (χ1) is 8.33. The molecule has 0 saturated heterocycles. The van der Waals surface area contributed by atoms with Gasteiger partial charge in [-0.15, -0.1) is 0 Å². The molecule has 3 aliphatic rings. The molecule has 0 radical (unpaired) electrons. The summed E-state index contributed by atoms with van der Waals surface area (Å²) in [7, 11) is 0. The van der Waals surface area contributed by atoms with Gasteiger partial charge in [0.05, 0.1) is 12.6 Å². The summed E-state index contributed by atoms with van der Waals surface area (Å²) >= 11 is 1.85. The zero-order chi connectivity index (χ0) is 11.7. The van der Waals surface area contributed by atoms with Gasteiger partial charge in [-0.1, -0.05) is 35.6 Å². The molecule has 3 rings (SSSR count). The van der Waals surface area contributed by atoms with Gasteiger partial charge in [-0.3, -0.25) is 4.99 Å². The number of aliphatic imine (C=N–C) groups is 1. The van der Waals surface area contributed by atoms with Crippen LogP contribution < -0.4 is 5.32 Å². The van der Waals surface area contributed by atoms with Crippen LogP contribution in [0.25, 0.3) is 0 Å². The second-order valence-electron chi connectivity index (χ2n) is 4.84. The van der Waals surface area contributed by atoms with Gasteiger partial charge in [0.15, 0.2) is 5.17 Å². The van der Waals surface area contributed by atoms with E-state index < -0.39 is 0 Å². The number of nitrogens with one attached hydrogen (secondary N) is 1. The fraction of sp³-hybridized carbons (Fsp3) is 0.500. The lowest BCUT2D eigenvalue weighted by molar-refractivity contribution is 0.706. The number of allylic oxidation sites excluding steroid dienone is 4. The van der Waals surface area contributed by atoms with Gasteiger partial charge in [0.25, 0.3) is 0 Å². The summed E-state index contributed by atoms with van der Waals surface area (Å²) in [5.41, 5.74) is 4.47. The Morgan fingerprint density at radius 1 is 1.41 bits per heavy atom. The maximum absolute atomic E-state index is 4.48. The van der Waals surface area contributed by atoms with Gasteiger partial charge in [-0.05, 0) is 37.3 Å². The molecule has 0 aromatic rings. The molecule has 0 amide bonds. The Kier molecular flexibility index (Phi) is 3.10. The van der Waals surface area contributed by atoms with E-state index in [2.05, 4.69) is 35.5 Å². The number of hydrogen-bond donors (Lipinski definition) is 1. The van der Waals surface area contributed by atoms with Gasteiger partial charge in [-0.2, -0.15) is 0 Å². The zero-order valence-electron chi connectivity index (χ0n) is 10.2. The number of hydrogen-bond acceptors (Lipinski definition) is 3. The van der Waals surface area contributed by atoms with E-state index in [4.69, 9.17) is 0 Å². The molecule has 2 nitrogen and oxygen atoms in total. The van der Waals surface area contributed by atoms with Crippen LogP contribution in [0.3, 0.4) is 0 Å². The van der Waals surface area contributed by atoms with Crippen LogP contribution in [-0.4, -0.2) is 23.5 Å². The van der Waals surface area contributed by atoms with E-state index in [0.717, 1.165) is 23.9 Å². The lowest BCUT2D eigenvalue weighted by atomic mass is 10.1. The Morgan fingerprint density at radius 3 is 3.18 bits per heavy atom. The summed E-state index contributed by atoms with van der Waals surface area (Å²) in [5, 5.41) is 4.74. The summed E-state index contributed by atoms with van der Waals surface area (Å²) in [6, 6.07) is 0.479. The highest BCUT2D eigenvalue weighted by Gasteiger charge is 2.26. The summed E-state index contributed by atoms with van der Waals surface area (Å²) in [6.07, 6.45) is 10.5. The molecular formula is C14H18N2S. The minimum Gasteiger partial charge on any atom is -0.358 e. The number of amidine groups is 1. The number of rotatable bonds is 1. The van der Waals surface area contributed by atoms with Crippen LogP contribution in [0.5, 0.6) is 0 Å². The normalized spacial score (nSPS) is 27.7. The predicted molar refractivity (Wildman–Crippen MR) is 75.5 cm³/mol. The van der Waals surface area contributed by atoms with Crippen molar-refractivity contribution in [1.82, 2.24) is 5.32 Å². The Bertz CT molecular complexity index is 443. The highest BCUT2D eigenvalue weighted by Crippen LogP contribution is 2.34. The maximum atomic E-state index is 4.48. The first-order valence-electron chi connectivity index (χ1n) is 6.33. The molecule has 1 unspecified atom stereocenters. The SMILES string of the molecule is CC1=CC=C2C(=CC1)CCC2NC1=NCCS1. The van der Waals surface area contributed by atoms with Gasteiger partial charge in [0.2, 0.25) is 0 Å². The molecule has 1 atom stereocenters. The fourth-order valence-electron chi connectivity index (χ4n) is 2.57. The van der Waals surface area contributed by atoms with Crippen LogP contribution in [0.2, 0.25) is 0 Å². The zero-order valence-corrected chi connectivity index (χ0v) is 11.0. The van der Waals surface area contributed by atoms with Crippen molar-refractivity contribution in [3.8, 4) is 0 Å². The number of fused-ring (bicyclic) bond motifs is 1. The second kappa shape index (κ2) is 4.73. The van der Waals surface area contributed by atoms with Crippen LogP contribution in [-0.2, 0) is 0 Å². The summed E-state index contributed by atoms with van der Waals surface area (Å²) in [6.45, 7) is 3.18. The van der Waals surface area contributed by atoms with Gasteiger partial charge in [0, 0.05) is 5.75 Å². The summed E-state index contributed by atoms with van der Waals surface area (Å²) < 4.78 is 0. The molecule has 1 aliphatic heterocycles. The van der Waals surface area contributed by atoms with E-state index in [0.29, 0.717) is 6.04 Å². The molecular weight excluding hydrogens is 228 g/mol. The van der Waals surface area contributed by atoms with Crippen molar-refractivity contribution in [3.63, 3.8) is 0 Å². The average Bonchev–Trinajstić information content (AvgIpc) is 2.91. The third-order valence-corrected chi connectivity index (χ3v) is 4.46. The molecule has 0 aromatic heterocycles. The first-order valence-corrected chi connectivity index (χ1v) is 7.32. The largest absolute Gasteiger partial charge is 0.358 e. The number of thioether (sulfide) groups is 1. The molecule has 2 aliphatic carbocycles. The van der Waals surface area contributed by atoms with Crippen molar-refractivity contribution in [2.75, 3.05) is 12.3 Å². The molecule has 1 heterocycles. The van der Waals surface area contributed by atoms with E-state index in [1.54, 1.807) is 5.57 Å². The maximum Gasteiger partial charge on any atom is 0.157 e. The van der Waals surface area contributed by atoms with Gasteiger partial charge in [0.1, 0.15) is 0 Å². The van der Waals surface area contributed by atoms with Gasteiger partial charge >= 0.3 is 0 Å². The van der Waals surface area contributed by atoms with Crippen molar-refractivity contribution in [3.05, 3.63) is 34.9 Å². The van der Waals surface area contributed by atoms with Crippen LogP contribution >= 0.6 is 11.8 Å². The smallest absolute Gasteiger partial charge is 0.157 e. The minimum absolute atomic E-state index is 0.479. The Balaban J connectivity index is 1.78. The van der Waals surface area contributed by atoms with Crippen LogP contribution in [0.4, 0.5) is 0 Å². The fourth-order valence-corrected chi connectivity index (χ4v) is 3.36. The number of nitrogens with zero attached hydrogens (tertiary/aromatic N) is 1. The molecule has 0 spiro atoms. The molecule has 90 valence electrons. The summed E-state index contributed by atoms with van der Waals surface area (Å²) in [5.74, 6) is 1.13. The minimum atomic E-state index is 0.479. The van der Waals surface area contributed by atoms with Crippen LogP contribution in [0.15, 0.2) is 39.9 Å². The van der Waals surface area contributed by atoms with Crippen LogP contribution in [0, 0.1) is 0 Å². The summed E-state index contributed by atoms with van der Waals surface area (Å²) in [4.78, 5) is 4.48. The van der Waals surface area contributed by atoms with E-state index in [9.17, 15) is 0 Å². The second-order valence-corrected chi connectivity index (χ2v) is 5.92. The Labute approximate surface area is 107 Å². The predicted octanol–water partition coefficient (Wildman–Crippen LogP) is 3.04. The first kappa shape index (κ1) is 11.1. The third kappa shape index (κ3) is 2.34. The highest BCUT2D eigenvalue weighted by atomic mass is 32.2. The van der Waals surface area contributed by atoms with E-state index in [1.807, 2.05) is 11.8 Å². The van der Waals surface area contributed by atoms with Crippen molar-refractivity contribution in [2.24, 2.45) is 4.99 Å². The van der Waals surface area contributed by atoms with Crippen LogP contribution in [0.1, 0.15) is 26.2 Å². The average molecular weight is 246 g/mol. The van der Waals surface area contributed by atoms with Crippen molar-refractivity contribution >= 4 is 16.9 Å². The molecule has 0 aromatic carbocycles. The van der Waals surface area contributed by atoms with Crippen molar-refractivity contribution < 1.29 is 0 Å². The van der Waals surface area contributed by atoms with Gasteiger partial charge in [-0.25, -0.2) is 0 Å². The molecule has 1 fully saturated rings. The molecule has 17 heavy (non-hydrogen) atoms. The van der Waals surface area contributed by atoms with Crippen molar-refractivity contribution in [2.45, 2.75) is 32.2 Å². The van der Waals surface area contributed by atoms with E-state index >= 15 is 0 Å². The Morgan fingerprint density at radius 2 is 2.35 bits per heavy atom. The lowest BCUT2D eigenvalue weighted by Crippen LogP contribution is -2.31. The molecule has 3 heteroatoms. The monoisotopic (exact) mass is 246 g/mol. The quantitative estimate of drug-likeness (QED) is 0.769. The molecule has 0 bridgehead atoms. The third-order valence-electron chi connectivity index (χ3n) is 3.55. The highest BCUT2D eigenvalue weighted by molar-refractivity contribution is 8.14. The lowest BCUT2D eigenvalue weighted by Gasteiger charge is -2.15. The molecule has 1 saturated carbocycles. The Hall–Kier alpha value is -0.960. The van der Waals surface area contributed by atoms with E-state index in [1.165, 1.54) is 24.0 Å². The van der Waals surface area contributed by atoms with E-state index in [-0.39, 0.29) is 0 Å². The molecule has 1 N–H and O–H groups in total. The standard InChI is InChI=1S/C14H18N2S/c1-10-2-4-11-5-7-13(12(11)6-3-10)16-14-15-8-9-17-14/h3-4,6,13H,2,5,7-9H2,1H3,(H,15,16). The van der Waals surface area contributed by atoms with Gasteiger partial charge < -0.3 is 5.32 Å². The van der Waals surface area contributed by atoms with Crippen molar-refractivity contribution in [1.29, 1.82) is 0 Å². The topological polar surface area (TPSA) is 24.4 Å².